The summed E-state index contributed by atoms with van der Waals surface area (Å²) in [6, 6.07) is 1.41. The van der Waals surface area contributed by atoms with Gasteiger partial charge >= 0.3 is 0 Å². The maximum Gasteiger partial charge on any atom is 0.151 e. The zero-order valence-electron chi connectivity index (χ0n) is 6.69. The number of pyridine rings is 1. The number of halogens is 4. The largest absolute Gasteiger partial charge is 0.263 e. The first kappa shape index (κ1) is 10.4. The summed E-state index contributed by atoms with van der Waals surface area (Å²) in [6.07, 6.45) is 3.05. The van der Waals surface area contributed by atoms with Crippen LogP contribution in [0.2, 0.25) is 10.0 Å². The van der Waals surface area contributed by atoms with Gasteiger partial charge in [0.05, 0.1) is 10.0 Å². The van der Waals surface area contributed by atoms with Crippen molar-refractivity contribution in [2.24, 2.45) is 0 Å². The summed E-state index contributed by atoms with van der Waals surface area (Å²) >= 11 is 13.7. The van der Waals surface area contributed by atoms with Crippen LogP contribution >= 0.6 is 45.8 Å². The van der Waals surface area contributed by atoms with Gasteiger partial charge in [0.15, 0.2) is 5.82 Å². The fourth-order valence-corrected chi connectivity index (χ4v) is 2.70. The van der Waals surface area contributed by atoms with E-state index in [1.807, 2.05) is 0 Å². The molecular weight excluding hydrogens is 339 g/mol. The first-order valence-corrected chi connectivity index (χ1v) is 5.51. The highest BCUT2D eigenvalue weighted by molar-refractivity contribution is 14.1. The molecule has 0 bridgehead atoms. The minimum absolute atomic E-state index is 0.0197. The standard InChI is InChI=1S/C9H3Cl2FIN/c10-5-1-6(11)9(12)4-2-14-3-7(13)8(4)5/h1-3H. The molecule has 5 heteroatoms. The van der Waals surface area contributed by atoms with Gasteiger partial charge in [0.2, 0.25) is 0 Å². The number of aromatic nitrogens is 1. The first-order chi connectivity index (χ1) is 6.61. The summed E-state index contributed by atoms with van der Waals surface area (Å²) in [7, 11) is 0. The van der Waals surface area contributed by atoms with Gasteiger partial charge in [-0.3, -0.25) is 4.98 Å². The van der Waals surface area contributed by atoms with Gasteiger partial charge in [0.1, 0.15) is 0 Å². The summed E-state index contributed by atoms with van der Waals surface area (Å²) < 4.78 is 14.3. The second-order valence-corrected chi connectivity index (χ2v) is 4.67. The third-order valence-corrected chi connectivity index (χ3v) is 3.23. The average Bonchev–Trinajstić information content (AvgIpc) is 2.14. The molecule has 0 aliphatic rings. The number of nitrogens with zero attached hydrogens (tertiary/aromatic N) is 1. The van der Waals surface area contributed by atoms with Gasteiger partial charge in [-0.05, 0) is 28.7 Å². The lowest BCUT2D eigenvalue weighted by Gasteiger charge is -2.04. The fourth-order valence-electron chi connectivity index (χ4n) is 1.22. The molecule has 0 saturated carbocycles. The van der Waals surface area contributed by atoms with Crippen molar-refractivity contribution in [1.29, 1.82) is 0 Å². The van der Waals surface area contributed by atoms with Crippen molar-refractivity contribution in [2.75, 3.05) is 0 Å². The van der Waals surface area contributed by atoms with Crippen LogP contribution in [-0.4, -0.2) is 4.98 Å². The fraction of sp³-hybridized carbons (Fsp3) is 0. The van der Waals surface area contributed by atoms with E-state index in [1.54, 1.807) is 6.20 Å². The molecule has 0 fully saturated rings. The topological polar surface area (TPSA) is 12.9 Å². The molecule has 0 spiro atoms. The van der Waals surface area contributed by atoms with Crippen molar-refractivity contribution in [3.05, 3.63) is 37.9 Å². The molecule has 0 N–H and O–H groups in total. The third-order valence-electron chi connectivity index (χ3n) is 1.84. The van der Waals surface area contributed by atoms with Crippen LogP contribution in [0, 0.1) is 9.39 Å². The molecule has 2 rings (SSSR count). The molecule has 0 aliphatic carbocycles. The highest BCUT2D eigenvalue weighted by Gasteiger charge is 2.11. The van der Waals surface area contributed by atoms with Gasteiger partial charge in [-0.25, -0.2) is 4.39 Å². The average molecular weight is 342 g/mol. The van der Waals surface area contributed by atoms with Crippen LogP contribution in [0.25, 0.3) is 10.8 Å². The van der Waals surface area contributed by atoms with Gasteiger partial charge in [-0.1, -0.05) is 23.2 Å². The molecular formula is C9H3Cl2FIN. The van der Waals surface area contributed by atoms with Crippen LogP contribution < -0.4 is 0 Å². The molecule has 0 radical (unpaired) electrons. The Morgan fingerprint density at radius 1 is 1.21 bits per heavy atom. The van der Waals surface area contributed by atoms with Crippen molar-refractivity contribution in [2.45, 2.75) is 0 Å². The van der Waals surface area contributed by atoms with Crippen LogP contribution in [0.3, 0.4) is 0 Å². The molecule has 0 amide bonds. The van der Waals surface area contributed by atoms with E-state index in [4.69, 9.17) is 23.2 Å². The van der Waals surface area contributed by atoms with Crippen molar-refractivity contribution in [3.63, 3.8) is 0 Å². The Balaban J connectivity index is 3.02. The number of benzene rings is 1. The second kappa shape index (κ2) is 3.79. The number of rotatable bonds is 0. The van der Waals surface area contributed by atoms with E-state index in [2.05, 4.69) is 27.6 Å². The van der Waals surface area contributed by atoms with Crippen molar-refractivity contribution >= 4 is 56.6 Å². The predicted molar refractivity (Wildman–Crippen MR) is 64.4 cm³/mol. The van der Waals surface area contributed by atoms with Crippen LogP contribution in [0.4, 0.5) is 4.39 Å². The Hall–Kier alpha value is -0.130. The second-order valence-electron chi connectivity index (χ2n) is 2.70. The molecule has 0 atom stereocenters. The maximum atomic E-state index is 13.5. The summed E-state index contributed by atoms with van der Waals surface area (Å²) in [5, 5.41) is 1.48. The molecule has 72 valence electrons. The van der Waals surface area contributed by atoms with Gasteiger partial charge < -0.3 is 0 Å². The first-order valence-electron chi connectivity index (χ1n) is 3.68. The molecule has 1 aromatic heterocycles. The number of fused-ring (bicyclic) bond motifs is 1. The van der Waals surface area contributed by atoms with Crippen molar-refractivity contribution in [3.8, 4) is 0 Å². The quantitative estimate of drug-likeness (QED) is 0.514. The van der Waals surface area contributed by atoms with E-state index >= 15 is 0 Å². The minimum Gasteiger partial charge on any atom is -0.263 e. The van der Waals surface area contributed by atoms with E-state index in [9.17, 15) is 4.39 Å². The van der Waals surface area contributed by atoms with Crippen LogP contribution in [0.1, 0.15) is 0 Å². The Morgan fingerprint density at radius 2 is 1.93 bits per heavy atom. The van der Waals surface area contributed by atoms with Crippen LogP contribution in [-0.2, 0) is 0 Å². The molecule has 0 unspecified atom stereocenters. The zero-order valence-corrected chi connectivity index (χ0v) is 10.4. The molecule has 2 aromatic rings. The van der Waals surface area contributed by atoms with Gasteiger partial charge in [-0.2, -0.15) is 0 Å². The SMILES string of the molecule is Fc1c(Cl)cc(Cl)c2c(I)cncc12. The van der Waals surface area contributed by atoms with Crippen LogP contribution in [0.5, 0.6) is 0 Å². The van der Waals surface area contributed by atoms with E-state index in [1.165, 1.54) is 12.3 Å². The van der Waals surface area contributed by atoms with E-state index in [0.717, 1.165) is 3.57 Å². The Bertz CT molecular complexity index is 516. The summed E-state index contributed by atoms with van der Waals surface area (Å²) in [4.78, 5) is 3.89. The van der Waals surface area contributed by atoms with Gasteiger partial charge in [0.25, 0.3) is 0 Å². The smallest absolute Gasteiger partial charge is 0.151 e. The Kier molecular flexibility index (Phi) is 2.81. The lowest BCUT2D eigenvalue weighted by Crippen LogP contribution is -1.87. The van der Waals surface area contributed by atoms with Crippen LogP contribution in [0.15, 0.2) is 18.5 Å². The lowest BCUT2D eigenvalue weighted by atomic mass is 10.2. The maximum absolute atomic E-state index is 13.5. The monoisotopic (exact) mass is 341 g/mol. The Morgan fingerprint density at radius 3 is 2.64 bits per heavy atom. The summed E-state index contributed by atoms with van der Waals surface area (Å²) in [6.45, 7) is 0. The summed E-state index contributed by atoms with van der Waals surface area (Å²) in [5.41, 5.74) is 0. The molecule has 0 saturated heterocycles. The van der Waals surface area contributed by atoms with Gasteiger partial charge in [-0.15, -0.1) is 0 Å². The van der Waals surface area contributed by atoms with Crippen molar-refractivity contribution < 1.29 is 4.39 Å². The van der Waals surface area contributed by atoms with E-state index in [-0.39, 0.29) is 5.02 Å². The molecule has 1 aromatic carbocycles. The predicted octanol–water partition coefficient (Wildman–Crippen LogP) is 4.29. The minimum atomic E-state index is -0.475. The summed E-state index contributed by atoms with van der Waals surface area (Å²) in [5.74, 6) is -0.475. The third kappa shape index (κ3) is 1.57. The van der Waals surface area contributed by atoms with E-state index in [0.29, 0.717) is 15.8 Å². The lowest BCUT2D eigenvalue weighted by molar-refractivity contribution is 0.640. The number of hydrogen-bond acceptors (Lipinski definition) is 1. The Labute approximate surface area is 103 Å². The normalized spacial score (nSPS) is 10.9. The van der Waals surface area contributed by atoms with E-state index < -0.39 is 5.82 Å². The molecule has 1 heterocycles. The molecule has 1 nitrogen and oxygen atoms in total. The molecule has 0 aliphatic heterocycles. The molecule has 14 heavy (non-hydrogen) atoms. The highest BCUT2D eigenvalue weighted by atomic mass is 127. The van der Waals surface area contributed by atoms with Gasteiger partial charge in [0, 0.05) is 26.7 Å². The van der Waals surface area contributed by atoms with Crippen molar-refractivity contribution in [1.82, 2.24) is 4.98 Å². The highest BCUT2D eigenvalue weighted by Crippen LogP contribution is 2.33. The number of hydrogen-bond donors (Lipinski definition) is 0. The zero-order chi connectivity index (χ0) is 10.3.